The first-order valence-electron chi connectivity index (χ1n) is 4.36. The van der Waals surface area contributed by atoms with Crippen LogP contribution in [0.1, 0.15) is 5.76 Å². The second-order valence-corrected chi connectivity index (χ2v) is 4.72. The van der Waals surface area contributed by atoms with Gasteiger partial charge in [0.2, 0.25) is 0 Å². The van der Waals surface area contributed by atoms with E-state index in [1.165, 1.54) is 0 Å². The fourth-order valence-corrected chi connectivity index (χ4v) is 2.53. The molecule has 1 heterocycles. The van der Waals surface area contributed by atoms with Gasteiger partial charge in [-0.1, -0.05) is 29.3 Å². The second-order valence-electron chi connectivity index (χ2n) is 2.92. The molecule has 0 saturated heterocycles. The topological polar surface area (TPSA) is 13.1 Å². The Morgan fingerprint density at radius 2 is 2.00 bits per heavy atom. The van der Waals surface area contributed by atoms with Crippen molar-refractivity contribution in [3.63, 3.8) is 0 Å². The van der Waals surface area contributed by atoms with Gasteiger partial charge in [-0.3, -0.25) is 0 Å². The Labute approximate surface area is 102 Å². The van der Waals surface area contributed by atoms with Crippen LogP contribution in [0, 0.1) is 0 Å². The molecule has 1 nitrogen and oxygen atoms in total. The summed E-state index contributed by atoms with van der Waals surface area (Å²) >= 11 is 13.6. The van der Waals surface area contributed by atoms with Crippen LogP contribution in [0.5, 0.6) is 0 Å². The summed E-state index contributed by atoms with van der Waals surface area (Å²) in [5.74, 6) is 1.68. The summed E-state index contributed by atoms with van der Waals surface area (Å²) in [5.41, 5.74) is 0. The molecule has 0 fully saturated rings. The molecule has 2 aromatic rings. The Bertz CT molecular complexity index is 440. The molecular formula is C11H8Cl2OS. The van der Waals surface area contributed by atoms with Crippen LogP contribution in [0.2, 0.25) is 10.0 Å². The summed E-state index contributed by atoms with van der Waals surface area (Å²) in [4.78, 5) is 0.973. The molecule has 1 aromatic heterocycles. The van der Waals surface area contributed by atoms with Crippen LogP contribution in [0.4, 0.5) is 0 Å². The summed E-state index contributed by atoms with van der Waals surface area (Å²) in [7, 11) is 0. The molecule has 1 aromatic carbocycles. The Kier molecular flexibility index (Phi) is 3.62. The highest BCUT2D eigenvalue weighted by atomic mass is 35.5. The fraction of sp³-hybridized carbons (Fsp3) is 0.0909. The molecule has 0 radical (unpaired) electrons. The van der Waals surface area contributed by atoms with E-state index in [1.54, 1.807) is 24.1 Å². The van der Waals surface area contributed by atoms with Gasteiger partial charge in [-0.05, 0) is 24.3 Å². The molecule has 0 aliphatic rings. The molecule has 0 atom stereocenters. The third-order valence-corrected chi connectivity index (χ3v) is 3.88. The Balaban J connectivity index is 2.08. The van der Waals surface area contributed by atoms with Crippen molar-refractivity contribution < 1.29 is 4.42 Å². The lowest BCUT2D eigenvalue weighted by Crippen LogP contribution is -1.78. The van der Waals surface area contributed by atoms with Crippen molar-refractivity contribution in [3.05, 3.63) is 52.4 Å². The van der Waals surface area contributed by atoms with E-state index in [2.05, 4.69) is 0 Å². The standard InChI is InChI=1S/C11H8Cl2OS/c12-9-4-1-5-10(11(9)13)15-7-8-3-2-6-14-8/h1-6H,7H2. The number of thioether (sulfide) groups is 1. The number of halogens is 2. The molecule has 4 heteroatoms. The molecule has 0 saturated carbocycles. The zero-order chi connectivity index (χ0) is 10.7. The maximum atomic E-state index is 6.05. The maximum absolute atomic E-state index is 6.05. The van der Waals surface area contributed by atoms with Crippen LogP contribution in [0.15, 0.2) is 45.9 Å². The van der Waals surface area contributed by atoms with Gasteiger partial charge in [0.1, 0.15) is 5.76 Å². The van der Waals surface area contributed by atoms with E-state index in [9.17, 15) is 0 Å². The molecule has 0 amide bonds. The van der Waals surface area contributed by atoms with Gasteiger partial charge in [0.05, 0.1) is 22.1 Å². The molecule has 0 spiro atoms. The molecule has 15 heavy (non-hydrogen) atoms. The first-order chi connectivity index (χ1) is 7.27. The number of furan rings is 1. The van der Waals surface area contributed by atoms with Crippen molar-refractivity contribution in [2.45, 2.75) is 10.6 Å². The van der Waals surface area contributed by atoms with Crippen molar-refractivity contribution in [2.75, 3.05) is 0 Å². The van der Waals surface area contributed by atoms with E-state index < -0.39 is 0 Å². The van der Waals surface area contributed by atoms with Crippen LogP contribution < -0.4 is 0 Å². The van der Waals surface area contributed by atoms with E-state index in [4.69, 9.17) is 27.6 Å². The van der Waals surface area contributed by atoms with Gasteiger partial charge in [-0.25, -0.2) is 0 Å². The zero-order valence-corrected chi connectivity index (χ0v) is 10.1. The lowest BCUT2D eigenvalue weighted by molar-refractivity contribution is 0.530. The molecular weight excluding hydrogens is 251 g/mol. The summed E-state index contributed by atoms with van der Waals surface area (Å²) < 4.78 is 5.23. The molecule has 0 aliphatic carbocycles. The minimum Gasteiger partial charge on any atom is -0.468 e. The van der Waals surface area contributed by atoms with Gasteiger partial charge < -0.3 is 4.42 Å². The smallest absolute Gasteiger partial charge is 0.113 e. The highest BCUT2D eigenvalue weighted by Crippen LogP contribution is 2.34. The van der Waals surface area contributed by atoms with Crippen molar-refractivity contribution in [3.8, 4) is 0 Å². The van der Waals surface area contributed by atoms with Gasteiger partial charge in [-0.2, -0.15) is 0 Å². The zero-order valence-electron chi connectivity index (χ0n) is 7.74. The average molecular weight is 259 g/mol. The van der Waals surface area contributed by atoms with E-state index in [0.29, 0.717) is 10.0 Å². The van der Waals surface area contributed by atoms with Gasteiger partial charge in [0, 0.05) is 4.90 Å². The van der Waals surface area contributed by atoms with Gasteiger partial charge in [0.15, 0.2) is 0 Å². The lowest BCUT2D eigenvalue weighted by atomic mass is 10.4. The third kappa shape index (κ3) is 2.71. The predicted molar refractivity (Wildman–Crippen MR) is 64.7 cm³/mol. The van der Waals surface area contributed by atoms with Crippen molar-refractivity contribution in [2.24, 2.45) is 0 Å². The monoisotopic (exact) mass is 258 g/mol. The fourth-order valence-electron chi connectivity index (χ4n) is 1.14. The van der Waals surface area contributed by atoms with Crippen LogP contribution in [-0.4, -0.2) is 0 Å². The second kappa shape index (κ2) is 4.97. The van der Waals surface area contributed by atoms with Gasteiger partial charge in [0.25, 0.3) is 0 Å². The summed E-state index contributed by atoms with van der Waals surface area (Å²) in [5, 5.41) is 1.19. The molecule has 78 valence electrons. The SMILES string of the molecule is Clc1cccc(SCc2ccco2)c1Cl. The highest BCUT2D eigenvalue weighted by Gasteiger charge is 2.05. The third-order valence-electron chi connectivity index (χ3n) is 1.87. The van der Waals surface area contributed by atoms with E-state index >= 15 is 0 Å². The summed E-state index contributed by atoms with van der Waals surface area (Å²) in [6.45, 7) is 0. The van der Waals surface area contributed by atoms with Crippen molar-refractivity contribution in [1.82, 2.24) is 0 Å². The molecule has 0 unspecified atom stereocenters. The van der Waals surface area contributed by atoms with Crippen LogP contribution in [0.25, 0.3) is 0 Å². The largest absolute Gasteiger partial charge is 0.468 e. The molecule has 0 bridgehead atoms. The van der Waals surface area contributed by atoms with Crippen LogP contribution >= 0.6 is 35.0 Å². The lowest BCUT2D eigenvalue weighted by Gasteiger charge is -2.03. The maximum Gasteiger partial charge on any atom is 0.113 e. The summed E-state index contributed by atoms with van der Waals surface area (Å²) in [6.07, 6.45) is 1.66. The number of hydrogen-bond donors (Lipinski definition) is 0. The van der Waals surface area contributed by atoms with E-state index in [0.717, 1.165) is 16.4 Å². The Hall–Kier alpha value is -0.570. The first-order valence-corrected chi connectivity index (χ1v) is 6.11. The average Bonchev–Trinajstić information content (AvgIpc) is 2.73. The number of hydrogen-bond acceptors (Lipinski definition) is 2. The van der Waals surface area contributed by atoms with Crippen molar-refractivity contribution >= 4 is 35.0 Å². The van der Waals surface area contributed by atoms with Gasteiger partial charge in [-0.15, -0.1) is 11.8 Å². The summed E-state index contributed by atoms with van der Waals surface area (Å²) in [6, 6.07) is 9.42. The molecule has 2 rings (SSSR count). The minimum atomic E-state index is 0.584. The van der Waals surface area contributed by atoms with Crippen LogP contribution in [0.3, 0.4) is 0 Å². The van der Waals surface area contributed by atoms with Crippen molar-refractivity contribution in [1.29, 1.82) is 0 Å². The van der Waals surface area contributed by atoms with E-state index in [1.807, 2.05) is 24.3 Å². The quantitative estimate of drug-likeness (QED) is 0.729. The predicted octanol–water partition coefficient (Wildman–Crippen LogP) is 4.88. The minimum absolute atomic E-state index is 0.584. The molecule has 0 aliphatic heterocycles. The Morgan fingerprint density at radius 1 is 1.13 bits per heavy atom. The molecule has 0 N–H and O–H groups in total. The number of benzene rings is 1. The van der Waals surface area contributed by atoms with Gasteiger partial charge >= 0.3 is 0 Å². The Morgan fingerprint density at radius 3 is 2.73 bits per heavy atom. The van der Waals surface area contributed by atoms with Crippen LogP contribution in [-0.2, 0) is 5.75 Å². The van der Waals surface area contributed by atoms with E-state index in [-0.39, 0.29) is 0 Å². The first kappa shape index (κ1) is 10.9. The highest BCUT2D eigenvalue weighted by molar-refractivity contribution is 7.98. The normalized spacial score (nSPS) is 10.5. The number of rotatable bonds is 3.